The monoisotopic (exact) mass is 230 g/mol. The highest BCUT2D eigenvalue weighted by molar-refractivity contribution is 5.99. The predicted molar refractivity (Wildman–Crippen MR) is 65.3 cm³/mol. The molecule has 4 heteroatoms. The average molecular weight is 230 g/mol. The largest absolute Gasteiger partial charge is 0.353 e. The molecule has 0 aromatic heterocycles. The summed E-state index contributed by atoms with van der Waals surface area (Å²) in [6, 6.07) is 5.65. The number of benzene rings is 1. The van der Waals surface area contributed by atoms with Gasteiger partial charge in [-0.15, -0.1) is 0 Å². The molecule has 1 aromatic rings. The van der Waals surface area contributed by atoms with Crippen molar-refractivity contribution in [1.82, 2.24) is 10.6 Å². The Labute approximate surface area is 99.7 Å². The van der Waals surface area contributed by atoms with E-state index in [2.05, 4.69) is 10.6 Å². The summed E-state index contributed by atoms with van der Waals surface area (Å²) >= 11 is 0. The lowest BCUT2D eigenvalue weighted by atomic mass is 10.0. The summed E-state index contributed by atoms with van der Waals surface area (Å²) in [5.41, 5.74) is 2.79. The molecule has 4 nitrogen and oxygen atoms in total. The first-order valence-corrected chi connectivity index (χ1v) is 5.49. The molecule has 0 unspecified atom stereocenters. The maximum Gasteiger partial charge on any atom is 0.251 e. The summed E-state index contributed by atoms with van der Waals surface area (Å²) < 4.78 is 0. The predicted octanol–water partition coefficient (Wildman–Crippen LogP) is 1.08. The van der Waals surface area contributed by atoms with Crippen LogP contribution in [0, 0.1) is 0 Å². The lowest BCUT2D eigenvalue weighted by Gasteiger charge is -2.01. The standard InChI is InChI=1S/C13H14N2O2/c1-9(16)14-7-3-5-10-4-2-6-11-12(10)8-15-13(11)17/h2-6H,7-8H2,1H3,(H,14,16)(H,15,17). The quantitative estimate of drug-likeness (QED) is 0.816. The van der Waals surface area contributed by atoms with Crippen LogP contribution in [-0.2, 0) is 11.3 Å². The minimum Gasteiger partial charge on any atom is -0.353 e. The van der Waals surface area contributed by atoms with Crippen LogP contribution >= 0.6 is 0 Å². The molecule has 1 aliphatic rings. The lowest BCUT2D eigenvalue weighted by Crippen LogP contribution is -2.19. The second-order valence-electron chi connectivity index (χ2n) is 3.90. The van der Waals surface area contributed by atoms with E-state index in [0.29, 0.717) is 13.1 Å². The van der Waals surface area contributed by atoms with Crippen LogP contribution in [0.25, 0.3) is 6.08 Å². The summed E-state index contributed by atoms with van der Waals surface area (Å²) in [6.07, 6.45) is 3.80. The number of carbonyl (C=O) groups excluding carboxylic acids is 2. The van der Waals surface area contributed by atoms with Gasteiger partial charge in [0.1, 0.15) is 0 Å². The average Bonchev–Trinajstić information content (AvgIpc) is 2.67. The molecule has 0 spiro atoms. The van der Waals surface area contributed by atoms with E-state index in [9.17, 15) is 9.59 Å². The highest BCUT2D eigenvalue weighted by Gasteiger charge is 2.19. The second-order valence-corrected chi connectivity index (χ2v) is 3.90. The number of carbonyl (C=O) groups is 2. The number of fused-ring (bicyclic) bond motifs is 1. The minimum atomic E-state index is -0.0511. The third-order valence-corrected chi connectivity index (χ3v) is 2.65. The zero-order valence-electron chi connectivity index (χ0n) is 9.62. The Hall–Kier alpha value is -2.10. The van der Waals surface area contributed by atoms with Crippen molar-refractivity contribution in [3.8, 4) is 0 Å². The highest BCUT2D eigenvalue weighted by Crippen LogP contribution is 2.20. The Morgan fingerprint density at radius 2 is 2.35 bits per heavy atom. The summed E-state index contributed by atoms with van der Waals surface area (Å²) in [6.45, 7) is 2.56. The van der Waals surface area contributed by atoms with Gasteiger partial charge < -0.3 is 10.6 Å². The molecule has 88 valence electrons. The third kappa shape index (κ3) is 2.53. The van der Waals surface area contributed by atoms with Gasteiger partial charge in [0.15, 0.2) is 0 Å². The molecule has 0 radical (unpaired) electrons. The normalized spacial score (nSPS) is 13.6. The van der Waals surface area contributed by atoms with E-state index in [0.717, 1.165) is 16.7 Å². The highest BCUT2D eigenvalue weighted by atomic mass is 16.2. The van der Waals surface area contributed by atoms with Crippen LogP contribution in [0.4, 0.5) is 0 Å². The Bertz CT molecular complexity index is 492. The van der Waals surface area contributed by atoms with Gasteiger partial charge in [-0.1, -0.05) is 24.3 Å². The minimum absolute atomic E-state index is 0.0166. The van der Waals surface area contributed by atoms with Crippen LogP contribution in [0.5, 0.6) is 0 Å². The van der Waals surface area contributed by atoms with Gasteiger partial charge in [0.25, 0.3) is 5.91 Å². The van der Waals surface area contributed by atoms with Crippen molar-refractivity contribution in [1.29, 1.82) is 0 Å². The second kappa shape index (κ2) is 4.82. The first kappa shape index (κ1) is 11.4. The van der Waals surface area contributed by atoms with E-state index in [-0.39, 0.29) is 11.8 Å². The van der Waals surface area contributed by atoms with Crippen molar-refractivity contribution in [3.63, 3.8) is 0 Å². The summed E-state index contributed by atoms with van der Waals surface area (Å²) in [4.78, 5) is 22.1. The van der Waals surface area contributed by atoms with Gasteiger partial charge in [-0.05, 0) is 17.2 Å². The molecular weight excluding hydrogens is 216 g/mol. The van der Waals surface area contributed by atoms with Crippen molar-refractivity contribution < 1.29 is 9.59 Å². The maximum atomic E-state index is 11.4. The van der Waals surface area contributed by atoms with Crippen LogP contribution in [0.3, 0.4) is 0 Å². The van der Waals surface area contributed by atoms with E-state index in [1.807, 2.05) is 30.4 Å². The van der Waals surface area contributed by atoms with E-state index in [1.54, 1.807) is 0 Å². The molecule has 2 N–H and O–H groups in total. The third-order valence-electron chi connectivity index (χ3n) is 2.65. The van der Waals surface area contributed by atoms with E-state index < -0.39 is 0 Å². The lowest BCUT2D eigenvalue weighted by molar-refractivity contribution is -0.118. The topological polar surface area (TPSA) is 58.2 Å². The molecule has 1 heterocycles. The van der Waals surface area contributed by atoms with Crippen molar-refractivity contribution >= 4 is 17.9 Å². The molecule has 1 aromatic carbocycles. The molecular formula is C13H14N2O2. The first-order valence-electron chi connectivity index (χ1n) is 5.49. The van der Waals surface area contributed by atoms with Crippen LogP contribution in [0.2, 0.25) is 0 Å². The van der Waals surface area contributed by atoms with E-state index >= 15 is 0 Å². The molecule has 0 saturated carbocycles. The zero-order valence-corrected chi connectivity index (χ0v) is 9.62. The van der Waals surface area contributed by atoms with E-state index in [4.69, 9.17) is 0 Å². The van der Waals surface area contributed by atoms with Crippen molar-refractivity contribution in [2.75, 3.05) is 6.54 Å². The number of amides is 2. The number of hydrogen-bond donors (Lipinski definition) is 2. The zero-order chi connectivity index (χ0) is 12.3. The first-order chi connectivity index (χ1) is 8.18. The van der Waals surface area contributed by atoms with Gasteiger partial charge in [-0.25, -0.2) is 0 Å². The SMILES string of the molecule is CC(=O)NCC=Cc1cccc2c1CNC2=O. The van der Waals surface area contributed by atoms with E-state index in [1.165, 1.54) is 6.92 Å². The van der Waals surface area contributed by atoms with Crippen molar-refractivity contribution in [2.45, 2.75) is 13.5 Å². The summed E-state index contributed by atoms with van der Waals surface area (Å²) in [5, 5.41) is 5.48. The maximum absolute atomic E-state index is 11.4. The molecule has 2 amide bonds. The number of hydrogen-bond acceptors (Lipinski definition) is 2. The fourth-order valence-electron chi connectivity index (χ4n) is 1.82. The van der Waals surface area contributed by atoms with Crippen molar-refractivity contribution in [3.05, 3.63) is 41.0 Å². The van der Waals surface area contributed by atoms with Gasteiger partial charge >= 0.3 is 0 Å². The molecule has 0 fully saturated rings. The van der Waals surface area contributed by atoms with Gasteiger partial charge in [0.2, 0.25) is 5.91 Å². The molecule has 0 atom stereocenters. The van der Waals surface area contributed by atoms with Gasteiger partial charge in [-0.3, -0.25) is 9.59 Å². The van der Waals surface area contributed by atoms with Crippen LogP contribution in [0.1, 0.15) is 28.4 Å². The molecule has 0 aliphatic carbocycles. The number of rotatable bonds is 3. The van der Waals surface area contributed by atoms with Gasteiger partial charge in [-0.2, -0.15) is 0 Å². The Balaban J connectivity index is 2.12. The Kier molecular flexibility index (Phi) is 3.23. The summed E-state index contributed by atoms with van der Waals surface area (Å²) in [7, 11) is 0. The molecule has 17 heavy (non-hydrogen) atoms. The Morgan fingerprint density at radius 1 is 1.53 bits per heavy atom. The number of nitrogens with one attached hydrogen (secondary N) is 2. The molecule has 1 aliphatic heterocycles. The van der Waals surface area contributed by atoms with Crippen LogP contribution in [0.15, 0.2) is 24.3 Å². The molecule has 0 saturated heterocycles. The fourth-order valence-corrected chi connectivity index (χ4v) is 1.82. The molecule has 2 rings (SSSR count). The molecule has 0 bridgehead atoms. The van der Waals surface area contributed by atoms with Crippen LogP contribution in [-0.4, -0.2) is 18.4 Å². The summed E-state index contributed by atoms with van der Waals surface area (Å²) in [5.74, 6) is -0.0677. The van der Waals surface area contributed by atoms with Crippen LogP contribution < -0.4 is 10.6 Å². The van der Waals surface area contributed by atoms with Crippen molar-refractivity contribution in [2.24, 2.45) is 0 Å². The van der Waals surface area contributed by atoms with Gasteiger partial charge in [0.05, 0.1) is 0 Å². The smallest absolute Gasteiger partial charge is 0.251 e. The Morgan fingerprint density at radius 3 is 3.12 bits per heavy atom. The fraction of sp³-hybridized carbons (Fsp3) is 0.231. The van der Waals surface area contributed by atoms with Gasteiger partial charge in [0, 0.05) is 25.6 Å².